The maximum absolute atomic E-state index is 12.7. The number of hydrogen-bond acceptors (Lipinski definition) is 8. The molecule has 59 heavy (non-hydrogen) atoms. The van der Waals surface area contributed by atoms with Crippen molar-refractivity contribution in [3.63, 3.8) is 0 Å². The first-order valence-corrected chi connectivity index (χ1v) is 25.0. The van der Waals surface area contributed by atoms with Gasteiger partial charge in [0.15, 0.2) is 6.10 Å². The standard InChI is InChI=1S/C49H88NO8P/c1-6-8-10-12-14-16-18-20-22-23-24-25-26-27-28-30-32-34-36-38-40-42-49(52)58-47(46-57-59(53,54)56-44-43-50(3,4)5)45-55-48(51)41-39-37-35-33-31-29-21-19-17-15-13-11-9-7-2/h8,10,14,16,20,22,24-25,27-28,47H,6-7,9,11-13,15,17-19,21,23,26,29-46H2,1-5H3/b10-8-,16-14-,22-20-,25-24-,28-27-. The molecule has 0 spiro atoms. The first-order valence-electron chi connectivity index (χ1n) is 23.5. The van der Waals surface area contributed by atoms with Gasteiger partial charge in [-0.15, -0.1) is 0 Å². The van der Waals surface area contributed by atoms with E-state index in [0.717, 1.165) is 83.5 Å². The van der Waals surface area contributed by atoms with Gasteiger partial charge in [-0.2, -0.15) is 0 Å². The van der Waals surface area contributed by atoms with E-state index in [-0.39, 0.29) is 32.0 Å². The maximum Gasteiger partial charge on any atom is 0.306 e. The Hall–Kier alpha value is -2.29. The number of rotatable bonds is 42. The molecule has 0 aromatic heterocycles. The number of carbonyl (C=O) groups is 2. The molecule has 9 nitrogen and oxygen atoms in total. The molecular formula is C49H88NO8P. The van der Waals surface area contributed by atoms with Crippen LogP contribution < -0.4 is 4.89 Å². The zero-order valence-electron chi connectivity index (χ0n) is 38.4. The maximum atomic E-state index is 12.7. The zero-order valence-corrected chi connectivity index (χ0v) is 39.3. The van der Waals surface area contributed by atoms with Crippen LogP contribution >= 0.6 is 7.82 Å². The van der Waals surface area contributed by atoms with Crippen molar-refractivity contribution in [3.8, 4) is 0 Å². The summed E-state index contributed by atoms with van der Waals surface area (Å²) in [5.74, 6) is -0.855. The number of esters is 2. The molecule has 2 atom stereocenters. The molecule has 0 aliphatic rings. The van der Waals surface area contributed by atoms with Crippen LogP contribution in [0.25, 0.3) is 0 Å². The van der Waals surface area contributed by atoms with Crippen LogP contribution in [0, 0.1) is 0 Å². The van der Waals surface area contributed by atoms with E-state index >= 15 is 0 Å². The Kier molecular flexibility index (Phi) is 39.5. The highest BCUT2D eigenvalue weighted by Crippen LogP contribution is 2.38. The summed E-state index contributed by atoms with van der Waals surface area (Å²) in [5.41, 5.74) is 0. The lowest BCUT2D eigenvalue weighted by molar-refractivity contribution is -0.870. The van der Waals surface area contributed by atoms with Crippen LogP contribution in [0.5, 0.6) is 0 Å². The third-order valence-corrected chi connectivity index (χ3v) is 10.8. The fraction of sp³-hybridized carbons (Fsp3) is 0.755. The number of ether oxygens (including phenoxy) is 2. The third-order valence-electron chi connectivity index (χ3n) is 9.80. The third kappa shape index (κ3) is 45.1. The lowest BCUT2D eigenvalue weighted by atomic mass is 10.0. The topological polar surface area (TPSA) is 111 Å². The van der Waals surface area contributed by atoms with Gasteiger partial charge < -0.3 is 27.9 Å². The first kappa shape index (κ1) is 56.7. The number of nitrogens with zero attached hydrogens (tertiary/aromatic N) is 1. The van der Waals surface area contributed by atoms with Crippen LogP contribution in [0.3, 0.4) is 0 Å². The lowest BCUT2D eigenvalue weighted by Crippen LogP contribution is -2.37. The van der Waals surface area contributed by atoms with Crippen molar-refractivity contribution in [2.75, 3.05) is 47.5 Å². The molecule has 2 unspecified atom stereocenters. The summed E-state index contributed by atoms with van der Waals surface area (Å²) in [7, 11) is 1.15. The van der Waals surface area contributed by atoms with Crippen LogP contribution in [0.4, 0.5) is 0 Å². The van der Waals surface area contributed by atoms with E-state index in [1.54, 1.807) is 0 Å². The number of unbranched alkanes of at least 4 members (excludes halogenated alkanes) is 18. The zero-order chi connectivity index (χ0) is 43.6. The number of phosphoric ester groups is 1. The Morgan fingerprint density at radius 1 is 0.542 bits per heavy atom. The summed E-state index contributed by atoms with van der Waals surface area (Å²) in [6.45, 7) is 4.09. The molecule has 0 amide bonds. The normalized spacial score (nSPS) is 14.1. The van der Waals surface area contributed by atoms with Gasteiger partial charge in [0, 0.05) is 12.8 Å². The largest absolute Gasteiger partial charge is 0.756 e. The van der Waals surface area contributed by atoms with Gasteiger partial charge in [-0.1, -0.05) is 177 Å². The monoisotopic (exact) mass is 850 g/mol. The van der Waals surface area contributed by atoms with Crippen molar-refractivity contribution >= 4 is 19.8 Å². The predicted molar refractivity (Wildman–Crippen MR) is 245 cm³/mol. The predicted octanol–water partition coefficient (Wildman–Crippen LogP) is 13.0. The number of allylic oxidation sites excluding steroid dienone is 10. The average Bonchev–Trinajstić information content (AvgIpc) is 3.19. The van der Waals surface area contributed by atoms with Crippen molar-refractivity contribution in [1.82, 2.24) is 0 Å². The molecule has 0 aromatic carbocycles. The van der Waals surface area contributed by atoms with Gasteiger partial charge in [0.05, 0.1) is 27.7 Å². The minimum absolute atomic E-state index is 0.0365. The Morgan fingerprint density at radius 3 is 1.44 bits per heavy atom. The number of phosphoric acid groups is 1. The molecule has 0 aliphatic carbocycles. The van der Waals surface area contributed by atoms with Crippen molar-refractivity contribution in [1.29, 1.82) is 0 Å². The van der Waals surface area contributed by atoms with Gasteiger partial charge in [-0.3, -0.25) is 14.2 Å². The Bertz CT molecular complexity index is 1190. The lowest BCUT2D eigenvalue weighted by Gasteiger charge is -2.28. The molecule has 0 heterocycles. The number of carbonyl (C=O) groups excluding carboxylic acids is 2. The van der Waals surface area contributed by atoms with Crippen molar-refractivity contribution in [2.24, 2.45) is 0 Å². The number of hydrogen-bond donors (Lipinski definition) is 0. The van der Waals surface area contributed by atoms with Gasteiger partial charge in [0.25, 0.3) is 7.82 Å². The molecule has 10 heteroatoms. The summed E-state index contributed by atoms with van der Waals surface area (Å²) < 4.78 is 33.9. The van der Waals surface area contributed by atoms with Gasteiger partial charge >= 0.3 is 11.9 Å². The van der Waals surface area contributed by atoms with Crippen LogP contribution in [0.1, 0.15) is 187 Å². The van der Waals surface area contributed by atoms with E-state index in [0.29, 0.717) is 17.4 Å². The van der Waals surface area contributed by atoms with Crippen LogP contribution in [-0.2, 0) is 32.7 Å². The molecule has 0 radical (unpaired) electrons. The number of quaternary nitrogens is 1. The SMILES string of the molecule is CC/C=C\C/C=C\C/C=C\C/C=C\C/C=C\CCCCCCCC(=O)OC(COC(=O)CCCCCCCCCCCCCCCC)COP(=O)([O-])OCC[N+](C)(C)C. The second-order valence-corrected chi connectivity index (χ2v) is 18.2. The second kappa shape index (κ2) is 41.1. The Labute approximate surface area is 362 Å². The molecule has 0 rings (SSSR count). The highest BCUT2D eigenvalue weighted by Gasteiger charge is 2.21. The molecule has 0 fully saturated rings. The van der Waals surface area contributed by atoms with Crippen LogP contribution in [-0.4, -0.2) is 70.0 Å². The molecule has 0 aromatic rings. The molecule has 342 valence electrons. The van der Waals surface area contributed by atoms with E-state index in [9.17, 15) is 19.0 Å². The fourth-order valence-corrected chi connectivity index (χ4v) is 6.88. The Balaban J connectivity index is 4.36. The van der Waals surface area contributed by atoms with E-state index in [4.69, 9.17) is 18.5 Å². The van der Waals surface area contributed by atoms with Crippen LogP contribution in [0.15, 0.2) is 60.8 Å². The van der Waals surface area contributed by atoms with Crippen LogP contribution in [0.2, 0.25) is 0 Å². The molecular weight excluding hydrogens is 762 g/mol. The minimum atomic E-state index is -4.63. The first-order chi connectivity index (χ1) is 28.5. The second-order valence-electron chi connectivity index (χ2n) is 16.7. The summed E-state index contributed by atoms with van der Waals surface area (Å²) in [6.07, 6.45) is 49.6. The Morgan fingerprint density at radius 2 is 0.966 bits per heavy atom. The average molecular weight is 850 g/mol. The fourth-order valence-electron chi connectivity index (χ4n) is 6.15. The molecule has 0 saturated heterocycles. The van der Waals surface area contributed by atoms with Gasteiger partial charge in [0.1, 0.15) is 19.8 Å². The van der Waals surface area contributed by atoms with E-state index in [1.807, 2.05) is 21.1 Å². The van der Waals surface area contributed by atoms with Crippen molar-refractivity contribution < 1.29 is 42.1 Å². The van der Waals surface area contributed by atoms with Gasteiger partial charge in [0.2, 0.25) is 0 Å². The summed E-state index contributed by atoms with van der Waals surface area (Å²) in [6, 6.07) is 0. The smallest absolute Gasteiger partial charge is 0.306 e. The van der Waals surface area contributed by atoms with E-state index in [2.05, 4.69) is 74.6 Å². The van der Waals surface area contributed by atoms with Gasteiger partial charge in [-0.05, 0) is 57.8 Å². The van der Waals surface area contributed by atoms with Gasteiger partial charge in [-0.25, -0.2) is 0 Å². The molecule has 0 N–H and O–H groups in total. The summed E-state index contributed by atoms with van der Waals surface area (Å²) >= 11 is 0. The van der Waals surface area contributed by atoms with E-state index in [1.165, 1.54) is 70.6 Å². The minimum Gasteiger partial charge on any atom is -0.756 e. The highest BCUT2D eigenvalue weighted by atomic mass is 31.2. The summed E-state index contributed by atoms with van der Waals surface area (Å²) in [5, 5.41) is 0. The van der Waals surface area contributed by atoms with E-state index < -0.39 is 26.5 Å². The van der Waals surface area contributed by atoms with Crippen molar-refractivity contribution in [2.45, 2.75) is 193 Å². The quantitative estimate of drug-likeness (QED) is 0.0196. The number of likely N-dealkylation sites (N-methyl/N-ethyl adjacent to an activating group) is 1. The molecule has 0 aliphatic heterocycles. The summed E-state index contributed by atoms with van der Waals surface area (Å²) in [4.78, 5) is 37.6. The van der Waals surface area contributed by atoms with Crippen molar-refractivity contribution in [3.05, 3.63) is 60.8 Å². The molecule has 0 saturated carbocycles. The highest BCUT2D eigenvalue weighted by molar-refractivity contribution is 7.45. The molecule has 0 bridgehead atoms.